The summed E-state index contributed by atoms with van der Waals surface area (Å²) in [7, 11) is -1.31. The Bertz CT molecular complexity index is 915. The fourth-order valence-electron chi connectivity index (χ4n) is 2.28. The predicted octanol–water partition coefficient (Wildman–Crippen LogP) is 2.87. The molecule has 134 valence electrons. The maximum absolute atomic E-state index is 13.7. The average molecular weight is 368 g/mol. The highest BCUT2D eigenvalue weighted by Crippen LogP contribution is 2.25. The molecule has 2 aromatic rings. The van der Waals surface area contributed by atoms with Crippen molar-refractivity contribution in [3.63, 3.8) is 0 Å². The lowest BCUT2D eigenvalue weighted by Gasteiger charge is -2.18. The highest BCUT2D eigenvalue weighted by molar-refractivity contribution is 7.89. The predicted molar refractivity (Wildman–Crippen MR) is 89.4 cm³/mol. The third-order valence-electron chi connectivity index (χ3n) is 3.71. The lowest BCUT2D eigenvalue weighted by molar-refractivity contribution is -0.385. The number of nitrogens with zero attached hydrogens (tertiary/aromatic N) is 2. The molecule has 7 nitrogen and oxygen atoms in total. The van der Waals surface area contributed by atoms with Crippen LogP contribution in [0.25, 0.3) is 0 Å². The number of benzene rings is 2. The number of nitro groups is 1. The normalized spacial score (nSPS) is 11.6. The first-order chi connectivity index (χ1) is 11.7. The fraction of sp³-hybridized carbons (Fsp3) is 0.250. The molecular weight excluding hydrogens is 351 g/mol. The van der Waals surface area contributed by atoms with Crippen LogP contribution >= 0.6 is 0 Å². The number of rotatable bonds is 6. The number of aryl methyl sites for hydroxylation is 1. The van der Waals surface area contributed by atoms with E-state index in [9.17, 15) is 22.9 Å². The Kier molecular flexibility index (Phi) is 5.39. The van der Waals surface area contributed by atoms with E-state index >= 15 is 0 Å². The van der Waals surface area contributed by atoms with Crippen LogP contribution in [0, 0.1) is 22.9 Å². The third-order valence-corrected chi connectivity index (χ3v) is 5.51. The summed E-state index contributed by atoms with van der Waals surface area (Å²) in [5.74, 6) is -0.541. The van der Waals surface area contributed by atoms with Crippen LogP contribution in [-0.2, 0) is 16.6 Å². The zero-order chi connectivity index (χ0) is 18.8. The topological polar surface area (TPSA) is 89.8 Å². The first-order valence-corrected chi connectivity index (χ1v) is 8.64. The summed E-state index contributed by atoms with van der Waals surface area (Å²) < 4.78 is 44.8. The van der Waals surface area contributed by atoms with Gasteiger partial charge in [0.05, 0.1) is 16.9 Å². The van der Waals surface area contributed by atoms with Crippen LogP contribution in [-0.4, -0.2) is 31.8 Å². The molecule has 0 aliphatic heterocycles. The number of halogens is 1. The summed E-state index contributed by atoms with van der Waals surface area (Å²) in [6.07, 6.45) is 0. The maximum Gasteiger partial charge on any atom is 0.273 e. The van der Waals surface area contributed by atoms with Gasteiger partial charge >= 0.3 is 0 Å². The number of hydrogen-bond donors (Lipinski definition) is 0. The third kappa shape index (κ3) is 3.94. The Balaban J connectivity index is 2.31. The van der Waals surface area contributed by atoms with Crippen molar-refractivity contribution in [3.8, 4) is 5.75 Å². The Labute approximate surface area is 144 Å². The Morgan fingerprint density at radius 2 is 1.92 bits per heavy atom. The monoisotopic (exact) mass is 368 g/mol. The smallest absolute Gasteiger partial charge is 0.273 e. The molecule has 0 aliphatic rings. The second kappa shape index (κ2) is 7.16. The molecule has 2 rings (SSSR count). The summed E-state index contributed by atoms with van der Waals surface area (Å²) in [5.41, 5.74) is 0.514. The number of nitro benzene ring substituents is 1. The van der Waals surface area contributed by atoms with Crippen molar-refractivity contribution in [2.75, 3.05) is 14.2 Å². The van der Waals surface area contributed by atoms with Crippen molar-refractivity contribution in [2.45, 2.75) is 18.4 Å². The number of hydrogen-bond acceptors (Lipinski definition) is 5. The largest absolute Gasteiger partial charge is 0.494 e. The molecule has 0 heterocycles. The second-order valence-corrected chi connectivity index (χ2v) is 7.48. The zero-order valence-corrected chi connectivity index (χ0v) is 14.7. The maximum atomic E-state index is 13.7. The van der Waals surface area contributed by atoms with Crippen LogP contribution in [0.3, 0.4) is 0 Å². The first-order valence-electron chi connectivity index (χ1n) is 7.20. The molecule has 0 aliphatic carbocycles. The zero-order valence-electron chi connectivity index (χ0n) is 13.9. The molecule has 0 atom stereocenters. The van der Waals surface area contributed by atoms with E-state index in [4.69, 9.17) is 4.74 Å². The molecule has 0 amide bonds. The van der Waals surface area contributed by atoms with E-state index < -0.39 is 20.8 Å². The van der Waals surface area contributed by atoms with Crippen molar-refractivity contribution in [3.05, 3.63) is 63.5 Å². The Morgan fingerprint density at radius 3 is 2.48 bits per heavy atom. The van der Waals surface area contributed by atoms with E-state index in [1.54, 1.807) is 6.07 Å². The Hall–Kier alpha value is -2.52. The minimum absolute atomic E-state index is 0.0587. The quantitative estimate of drug-likeness (QED) is 0.578. The van der Waals surface area contributed by atoms with Gasteiger partial charge in [0.1, 0.15) is 0 Å². The summed E-state index contributed by atoms with van der Waals surface area (Å²) >= 11 is 0. The molecular formula is C16H17FN2O5S. The van der Waals surface area contributed by atoms with E-state index in [1.807, 2.05) is 0 Å². The van der Waals surface area contributed by atoms with Gasteiger partial charge in [-0.2, -0.15) is 4.31 Å². The van der Waals surface area contributed by atoms with Gasteiger partial charge in [-0.1, -0.05) is 12.1 Å². The number of methoxy groups -OCH3 is 1. The average Bonchev–Trinajstić information content (AvgIpc) is 2.54. The van der Waals surface area contributed by atoms with Crippen molar-refractivity contribution in [2.24, 2.45) is 0 Å². The molecule has 0 saturated carbocycles. The summed E-state index contributed by atoms with van der Waals surface area (Å²) in [6, 6.07) is 7.85. The van der Waals surface area contributed by atoms with Gasteiger partial charge in [-0.3, -0.25) is 10.1 Å². The standard InChI is InChI=1S/C16H17FN2O5S/c1-11-4-6-13(9-15(11)19(20)21)25(22,23)18(2)10-12-5-7-16(24-3)14(17)8-12/h4-9H,10H2,1-3H3. The van der Waals surface area contributed by atoms with Crippen molar-refractivity contribution in [1.29, 1.82) is 0 Å². The molecule has 0 N–H and O–H groups in total. The minimum atomic E-state index is -3.96. The van der Waals surface area contributed by atoms with Crippen LogP contribution in [0.15, 0.2) is 41.3 Å². The summed E-state index contributed by atoms with van der Waals surface area (Å²) in [4.78, 5) is 10.2. The molecule has 0 saturated heterocycles. The molecule has 9 heteroatoms. The van der Waals surface area contributed by atoms with E-state index in [1.165, 1.54) is 45.3 Å². The summed E-state index contributed by atoms with van der Waals surface area (Å²) in [6.45, 7) is 1.43. The number of ether oxygens (including phenoxy) is 1. The molecule has 25 heavy (non-hydrogen) atoms. The molecule has 0 radical (unpaired) electrons. The molecule has 0 bridgehead atoms. The highest BCUT2D eigenvalue weighted by Gasteiger charge is 2.24. The van der Waals surface area contributed by atoms with E-state index in [-0.39, 0.29) is 22.9 Å². The lowest BCUT2D eigenvalue weighted by Crippen LogP contribution is -2.26. The van der Waals surface area contributed by atoms with Crippen LogP contribution < -0.4 is 4.74 Å². The van der Waals surface area contributed by atoms with Gasteiger partial charge in [0, 0.05) is 25.2 Å². The highest BCUT2D eigenvalue weighted by atomic mass is 32.2. The van der Waals surface area contributed by atoms with E-state index in [0.29, 0.717) is 11.1 Å². The van der Waals surface area contributed by atoms with Gasteiger partial charge in [0.2, 0.25) is 10.0 Å². The van der Waals surface area contributed by atoms with Crippen LogP contribution in [0.2, 0.25) is 0 Å². The molecule has 2 aromatic carbocycles. The van der Waals surface area contributed by atoms with Crippen LogP contribution in [0.5, 0.6) is 5.75 Å². The summed E-state index contributed by atoms with van der Waals surface area (Å²) in [5, 5.41) is 11.0. The van der Waals surface area contributed by atoms with Crippen molar-refractivity contribution < 1.29 is 22.5 Å². The van der Waals surface area contributed by atoms with Crippen molar-refractivity contribution >= 4 is 15.7 Å². The number of sulfonamides is 1. The van der Waals surface area contributed by atoms with Gasteiger partial charge in [-0.05, 0) is 30.7 Å². The van der Waals surface area contributed by atoms with E-state index in [2.05, 4.69) is 0 Å². The minimum Gasteiger partial charge on any atom is -0.494 e. The van der Waals surface area contributed by atoms with Crippen LogP contribution in [0.4, 0.5) is 10.1 Å². The molecule has 0 aromatic heterocycles. The second-order valence-electron chi connectivity index (χ2n) is 5.44. The molecule has 0 unspecified atom stereocenters. The fourth-order valence-corrected chi connectivity index (χ4v) is 3.46. The van der Waals surface area contributed by atoms with Gasteiger partial charge < -0.3 is 4.74 Å². The van der Waals surface area contributed by atoms with Gasteiger partial charge in [0.25, 0.3) is 5.69 Å². The molecule has 0 fully saturated rings. The van der Waals surface area contributed by atoms with Gasteiger partial charge in [-0.25, -0.2) is 12.8 Å². The van der Waals surface area contributed by atoms with Gasteiger partial charge in [-0.15, -0.1) is 0 Å². The van der Waals surface area contributed by atoms with Crippen molar-refractivity contribution in [1.82, 2.24) is 4.31 Å². The lowest BCUT2D eigenvalue weighted by atomic mass is 10.2. The van der Waals surface area contributed by atoms with E-state index in [0.717, 1.165) is 10.4 Å². The first kappa shape index (κ1) is 18.8. The van der Waals surface area contributed by atoms with Crippen LogP contribution in [0.1, 0.15) is 11.1 Å². The molecule has 0 spiro atoms. The van der Waals surface area contributed by atoms with Gasteiger partial charge in [0.15, 0.2) is 11.6 Å². The Morgan fingerprint density at radius 1 is 1.24 bits per heavy atom. The SMILES string of the molecule is COc1ccc(CN(C)S(=O)(=O)c2ccc(C)c([N+](=O)[O-])c2)cc1F.